The zero-order valence-corrected chi connectivity index (χ0v) is 19.4. The second kappa shape index (κ2) is 11.4. The summed E-state index contributed by atoms with van der Waals surface area (Å²) < 4.78 is 16.8. The molecule has 0 saturated carbocycles. The van der Waals surface area contributed by atoms with Crippen molar-refractivity contribution in [3.63, 3.8) is 0 Å². The molecule has 0 radical (unpaired) electrons. The zero-order chi connectivity index (χ0) is 23.8. The molecule has 1 N–H and O–H groups in total. The molecule has 33 heavy (non-hydrogen) atoms. The topological polar surface area (TPSA) is 86.6 Å². The minimum Gasteiger partial charge on any atom is -0.497 e. The van der Waals surface area contributed by atoms with Gasteiger partial charge in [0.1, 0.15) is 31.8 Å². The van der Waals surface area contributed by atoms with Crippen molar-refractivity contribution in [3.8, 4) is 17.2 Å². The summed E-state index contributed by atoms with van der Waals surface area (Å²) >= 11 is 12.7. The van der Waals surface area contributed by atoms with Gasteiger partial charge in [-0.15, -0.1) is 0 Å². The summed E-state index contributed by atoms with van der Waals surface area (Å²) in [5, 5.41) is 13.6. The van der Waals surface area contributed by atoms with Crippen molar-refractivity contribution >= 4 is 34.9 Å². The Kier molecular flexibility index (Phi) is 8.40. The number of rotatable bonds is 10. The molecular formula is C24H21Cl2NO6. The van der Waals surface area contributed by atoms with Gasteiger partial charge >= 0.3 is 5.97 Å². The fourth-order valence-electron chi connectivity index (χ4n) is 2.97. The second-order valence-corrected chi connectivity index (χ2v) is 7.54. The maximum atomic E-state index is 11.5. The van der Waals surface area contributed by atoms with E-state index >= 15 is 0 Å². The molecule has 0 amide bonds. The molecule has 0 unspecified atom stereocenters. The number of halogens is 2. The Morgan fingerprint density at radius 3 is 2.18 bits per heavy atom. The third-order valence-corrected chi connectivity index (χ3v) is 5.13. The number of benzene rings is 3. The van der Waals surface area contributed by atoms with Crippen LogP contribution in [-0.4, -0.2) is 31.0 Å². The third kappa shape index (κ3) is 6.31. The van der Waals surface area contributed by atoms with Gasteiger partial charge in [0.15, 0.2) is 11.5 Å². The first-order valence-corrected chi connectivity index (χ1v) is 10.5. The van der Waals surface area contributed by atoms with Crippen LogP contribution in [-0.2, 0) is 22.8 Å². The highest BCUT2D eigenvalue weighted by atomic mass is 35.5. The van der Waals surface area contributed by atoms with E-state index in [2.05, 4.69) is 9.99 Å². The van der Waals surface area contributed by atoms with E-state index in [1.54, 1.807) is 43.5 Å². The molecule has 7 nitrogen and oxygen atoms in total. The molecule has 0 atom stereocenters. The molecule has 3 rings (SSSR count). The average molecular weight is 490 g/mol. The van der Waals surface area contributed by atoms with Crippen LogP contribution in [0.4, 0.5) is 0 Å². The summed E-state index contributed by atoms with van der Waals surface area (Å²) in [5.41, 5.74) is 1.67. The lowest BCUT2D eigenvalue weighted by molar-refractivity contribution is -0.129. The Bertz CT molecular complexity index is 1120. The number of carbonyl (C=O) groups is 1. The van der Waals surface area contributed by atoms with Crippen LogP contribution in [0, 0.1) is 0 Å². The molecule has 172 valence electrons. The molecule has 0 saturated heterocycles. The van der Waals surface area contributed by atoms with E-state index in [0.29, 0.717) is 22.6 Å². The predicted molar refractivity (Wildman–Crippen MR) is 126 cm³/mol. The van der Waals surface area contributed by atoms with Crippen LogP contribution < -0.4 is 14.2 Å². The van der Waals surface area contributed by atoms with Crippen molar-refractivity contribution in [2.24, 2.45) is 5.16 Å². The quantitative estimate of drug-likeness (QED) is 0.294. The van der Waals surface area contributed by atoms with Crippen LogP contribution in [0.1, 0.15) is 16.7 Å². The summed E-state index contributed by atoms with van der Waals surface area (Å²) in [7, 11) is 2.88. The molecule has 9 heteroatoms. The lowest BCUT2D eigenvalue weighted by atomic mass is 10.0. The number of methoxy groups -OCH3 is 1. The first-order valence-electron chi connectivity index (χ1n) is 9.73. The summed E-state index contributed by atoms with van der Waals surface area (Å²) in [5.74, 6) is 0.273. The normalized spacial score (nSPS) is 11.1. The molecule has 3 aromatic rings. The molecule has 3 aromatic carbocycles. The van der Waals surface area contributed by atoms with Crippen LogP contribution in [0.25, 0.3) is 0 Å². The van der Waals surface area contributed by atoms with Crippen LogP contribution >= 0.6 is 23.2 Å². The Morgan fingerprint density at radius 1 is 0.909 bits per heavy atom. The zero-order valence-electron chi connectivity index (χ0n) is 17.9. The fourth-order valence-corrected chi connectivity index (χ4v) is 3.54. The van der Waals surface area contributed by atoms with Gasteiger partial charge in [-0.25, -0.2) is 4.79 Å². The molecule has 0 aliphatic rings. The van der Waals surface area contributed by atoms with Gasteiger partial charge in [0.05, 0.1) is 17.2 Å². The van der Waals surface area contributed by atoms with Crippen LogP contribution in [0.2, 0.25) is 10.0 Å². The SMILES string of the molecule is CON=C(C(=O)O)c1ccccc1COc1cc(Cl)c(OCc2ccc(OC)cc2)c(Cl)c1. The number of hydrogen-bond donors (Lipinski definition) is 1. The lowest BCUT2D eigenvalue weighted by Crippen LogP contribution is -2.17. The van der Waals surface area contributed by atoms with E-state index in [1.165, 1.54) is 7.11 Å². The summed E-state index contributed by atoms with van der Waals surface area (Å²) in [6.45, 7) is 0.332. The van der Waals surface area contributed by atoms with E-state index < -0.39 is 5.97 Å². The second-order valence-electron chi connectivity index (χ2n) is 6.73. The van der Waals surface area contributed by atoms with E-state index in [9.17, 15) is 9.90 Å². The highest BCUT2D eigenvalue weighted by Gasteiger charge is 2.18. The van der Waals surface area contributed by atoms with Crippen molar-refractivity contribution in [1.29, 1.82) is 0 Å². The maximum Gasteiger partial charge on any atom is 0.358 e. The van der Waals surface area contributed by atoms with Crippen molar-refractivity contribution < 1.29 is 28.9 Å². The first kappa shape index (κ1) is 24.2. The smallest absolute Gasteiger partial charge is 0.358 e. The van der Waals surface area contributed by atoms with Crippen molar-refractivity contribution in [2.75, 3.05) is 14.2 Å². The van der Waals surface area contributed by atoms with Gasteiger partial charge in [-0.1, -0.05) is 64.8 Å². The minimum atomic E-state index is -1.21. The van der Waals surface area contributed by atoms with Gasteiger partial charge in [-0.05, 0) is 23.3 Å². The standard InChI is InChI=1S/C24H21Cl2NO6/c1-30-17-9-7-15(8-10-17)13-33-23-20(25)11-18(12-21(23)26)32-14-16-5-3-4-6-19(16)22(24(28)29)27-31-2/h3-12H,13-14H2,1-2H3,(H,28,29). The minimum absolute atomic E-state index is 0.0604. The fraction of sp³-hybridized carbons (Fsp3) is 0.167. The summed E-state index contributed by atoms with van der Waals surface area (Å²) in [6.07, 6.45) is 0. The number of oxime groups is 1. The monoisotopic (exact) mass is 489 g/mol. The Morgan fingerprint density at radius 2 is 1.58 bits per heavy atom. The number of nitrogens with zero attached hydrogens (tertiary/aromatic N) is 1. The van der Waals surface area contributed by atoms with Gasteiger partial charge in [-0.3, -0.25) is 0 Å². The highest BCUT2D eigenvalue weighted by Crippen LogP contribution is 2.37. The van der Waals surface area contributed by atoms with E-state index in [0.717, 1.165) is 11.3 Å². The van der Waals surface area contributed by atoms with Crippen molar-refractivity contribution in [1.82, 2.24) is 0 Å². The van der Waals surface area contributed by atoms with E-state index in [-0.39, 0.29) is 29.0 Å². The van der Waals surface area contributed by atoms with Crippen LogP contribution in [0.15, 0.2) is 65.8 Å². The lowest BCUT2D eigenvalue weighted by Gasteiger charge is -2.14. The molecular weight excluding hydrogens is 469 g/mol. The van der Waals surface area contributed by atoms with Crippen molar-refractivity contribution in [3.05, 3.63) is 87.4 Å². The van der Waals surface area contributed by atoms with E-state index in [4.69, 9.17) is 37.4 Å². The van der Waals surface area contributed by atoms with Gasteiger partial charge in [0.25, 0.3) is 0 Å². The first-order chi connectivity index (χ1) is 15.9. The summed E-state index contributed by atoms with van der Waals surface area (Å²) in [4.78, 5) is 16.2. The highest BCUT2D eigenvalue weighted by molar-refractivity contribution is 6.42. The van der Waals surface area contributed by atoms with E-state index in [1.807, 2.05) is 24.3 Å². The van der Waals surface area contributed by atoms with Crippen LogP contribution in [0.5, 0.6) is 17.2 Å². The Labute approximate surface area is 201 Å². The largest absolute Gasteiger partial charge is 0.497 e. The predicted octanol–water partition coefficient (Wildman–Crippen LogP) is 5.60. The molecule has 0 aliphatic heterocycles. The summed E-state index contributed by atoms with van der Waals surface area (Å²) in [6, 6.07) is 17.4. The number of carboxylic acids is 1. The molecule has 0 spiro atoms. The molecule has 0 heterocycles. The number of aliphatic carboxylic acids is 1. The molecule has 0 fully saturated rings. The number of ether oxygens (including phenoxy) is 3. The Hall–Kier alpha value is -3.42. The maximum absolute atomic E-state index is 11.5. The van der Waals surface area contributed by atoms with Gasteiger partial charge < -0.3 is 24.2 Å². The van der Waals surface area contributed by atoms with Gasteiger partial charge in [0.2, 0.25) is 0 Å². The van der Waals surface area contributed by atoms with Gasteiger partial charge in [0, 0.05) is 17.7 Å². The van der Waals surface area contributed by atoms with Gasteiger partial charge in [-0.2, -0.15) is 0 Å². The molecule has 0 bridgehead atoms. The van der Waals surface area contributed by atoms with Crippen molar-refractivity contribution in [2.45, 2.75) is 13.2 Å². The number of carboxylic acid groups (broad SMARTS) is 1. The molecule has 0 aromatic heterocycles. The van der Waals surface area contributed by atoms with Crippen LogP contribution in [0.3, 0.4) is 0 Å². The number of hydrogen-bond acceptors (Lipinski definition) is 6. The third-order valence-electron chi connectivity index (χ3n) is 4.57. The Balaban J connectivity index is 1.72. The average Bonchev–Trinajstić information content (AvgIpc) is 2.81. The molecule has 0 aliphatic carbocycles.